The first-order valence-electron chi connectivity index (χ1n) is 21.0. The van der Waals surface area contributed by atoms with Crippen LogP contribution < -0.4 is 25.2 Å². The van der Waals surface area contributed by atoms with Crippen LogP contribution in [0.4, 0.5) is 11.4 Å². The van der Waals surface area contributed by atoms with Gasteiger partial charge in [-0.2, -0.15) is 0 Å². The molecule has 0 saturated carbocycles. The fourth-order valence-electron chi connectivity index (χ4n) is 10.3. The van der Waals surface area contributed by atoms with E-state index in [0.717, 1.165) is 38.9 Å². The summed E-state index contributed by atoms with van der Waals surface area (Å²) in [5.74, 6) is 2.80. The van der Waals surface area contributed by atoms with Crippen molar-refractivity contribution in [2.45, 2.75) is 52.4 Å². The molecular weight excluding hydrogens is 735 g/mol. The molecule has 0 atom stereocenters. The first kappa shape index (κ1) is 34.0. The number of aromatic nitrogens is 1. The van der Waals surface area contributed by atoms with E-state index in [1.807, 2.05) is 24.3 Å². The topological polar surface area (TPSA) is 39.8 Å². The quantitative estimate of drug-likeness (QED) is 0.156. The van der Waals surface area contributed by atoms with Crippen molar-refractivity contribution in [1.82, 2.24) is 4.57 Å². The third kappa shape index (κ3) is 4.48. The average Bonchev–Trinajstić information content (AvgIpc) is 3.79. The van der Waals surface area contributed by atoms with E-state index in [1.54, 1.807) is 0 Å². The van der Waals surface area contributed by atoms with E-state index in [4.69, 9.17) is 13.9 Å². The molecule has 10 aromatic rings. The summed E-state index contributed by atoms with van der Waals surface area (Å²) in [6.07, 6.45) is 0. The maximum atomic E-state index is 6.92. The lowest BCUT2D eigenvalue weighted by Gasteiger charge is -2.43. The Morgan fingerprint density at radius 1 is 0.500 bits per heavy atom. The molecule has 60 heavy (non-hydrogen) atoms. The molecule has 8 aromatic carbocycles. The Balaban J connectivity index is 1.23. The van der Waals surface area contributed by atoms with Gasteiger partial charge in [-0.3, -0.25) is 0 Å². The maximum absolute atomic E-state index is 6.92. The van der Waals surface area contributed by atoms with E-state index in [0.29, 0.717) is 23.0 Å². The average molecular weight is 777 g/mol. The summed E-state index contributed by atoms with van der Waals surface area (Å²) < 4.78 is 22.9. The van der Waals surface area contributed by atoms with Crippen molar-refractivity contribution in [1.29, 1.82) is 0 Å². The number of benzene rings is 8. The van der Waals surface area contributed by atoms with Gasteiger partial charge >= 0.3 is 6.85 Å². The number of ether oxygens (including phenoxy) is 2. The van der Waals surface area contributed by atoms with Gasteiger partial charge in [0, 0.05) is 44.2 Å². The van der Waals surface area contributed by atoms with Crippen molar-refractivity contribution in [2.75, 3.05) is 4.81 Å². The number of furan rings is 1. The molecule has 0 saturated heterocycles. The van der Waals surface area contributed by atoms with Gasteiger partial charge in [-0.15, -0.1) is 0 Å². The summed E-state index contributed by atoms with van der Waals surface area (Å²) in [6.45, 7) is 13.7. The van der Waals surface area contributed by atoms with Gasteiger partial charge in [-0.05, 0) is 98.4 Å². The fraction of sp³-hybridized carbons (Fsp3) is 0.148. The van der Waals surface area contributed by atoms with Crippen LogP contribution in [0.25, 0.3) is 71.3 Å². The Bertz CT molecular complexity index is 3540. The van der Waals surface area contributed by atoms with E-state index in [-0.39, 0.29) is 17.7 Å². The second-order valence-electron chi connectivity index (χ2n) is 18.9. The van der Waals surface area contributed by atoms with Gasteiger partial charge in [0.05, 0.1) is 22.4 Å². The summed E-state index contributed by atoms with van der Waals surface area (Å²) in [5, 5.41) is 7.18. The second-order valence-corrected chi connectivity index (χ2v) is 18.9. The SMILES string of the molecule is CC(C)(C)c1ccc2c(c1)c1cc(C(C)(C)C)cc3c1n2-c1c2c(cc4ccccc14)-c1cc4c(cc1N(c1cccc5c1oc1ccccc15)B23)Oc1ccccc1O4. The van der Waals surface area contributed by atoms with E-state index >= 15 is 0 Å². The predicted octanol–water partition coefficient (Wildman–Crippen LogP) is 13.6. The van der Waals surface area contributed by atoms with E-state index < -0.39 is 0 Å². The predicted molar refractivity (Wildman–Crippen MR) is 249 cm³/mol. The summed E-state index contributed by atoms with van der Waals surface area (Å²) in [5.41, 5.74) is 14.8. The van der Waals surface area contributed by atoms with Crippen molar-refractivity contribution < 1.29 is 13.9 Å². The van der Waals surface area contributed by atoms with Gasteiger partial charge in [0.15, 0.2) is 28.6 Å². The number of nitrogens with zero attached hydrogens (tertiary/aromatic N) is 2. The van der Waals surface area contributed by atoms with Gasteiger partial charge in [0.2, 0.25) is 0 Å². The summed E-state index contributed by atoms with van der Waals surface area (Å²) >= 11 is 0. The van der Waals surface area contributed by atoms with Gasteiger partial charge in [-0.1, -0.05) is 120 Å². The molecular formula is C54H41BN2O3. The second kappa shape index (κ2) is 11.4. The van der Waals surface area contributed by atoms with Crippen LogP contribution in [0.3, 0.4) is 0 Å². The Morgan fingerprint density at radius 3 is 1.97 bits per heavy atom. The van der Waals surface area contributed by atoms with Crippen LogP contribution in [0, 0.1) is 0 Å². The number of hydrogen-bond acceptors (Lipinski definition) is 4. The molecule has 0 unspecified atom stereocenters. The van der Waals surface area contributed by atoms with Crippen LogP contribution in [-0.2, 0) is 10.8 Å². The molecule has 0 fully saturated rings. The van der Waals surface area contributed by atoms with Crippen LogP contribution >= 0.6 is 0 Å². The van der Waals surface area contributed by atoms with Crippen molar-refractivity contribution in [3.8, 4) is 39.8 Å². The van der Waals surface area contributed by atoms with E-state index in [2.05, 4.69) is 166 Å². The number of rotatable bonds is 1. The highest BCUT2D eigenvalue weighted by atomic mass is 16.6. The molecule has 2 aromatic heterocycles. The molecule has 3 aliphatic rings. The van der Waals surface area contributed by atoms with Crippen LogP contribution in [0.15, 0.2) is 144 Å². The number of hydrogen-bond donors (Lipinski definition) is 0. The minimum Gasteiger partial charge on any atom is -0.454 e. The number of anilines is 2. The molecule has 0 N–H and O–H groups in total. The van der Waals surface area contributed by atoms with Crippen molar-refractivity contribution in [3.63, 3.8) is 0 Å². The van der Waals surface area contributed by atoms with Crippen molar-refractivity contribution in [3.05, 3.63) is 151 Å². The zero-order valence-electron chi connectivity index (χ0n) is 34.5. The third-order valence-corrected chi connectivity index (χ3v) is 13.3. The lowest BCUT2D eigenvalue weighted by Crippen LogP contribution is -2.61. The normalized spacial score (nSPS) is 14.0. The molecule has 0 amide bonds. The first-order valence-corrected chi connectivity index (χ1v) is 21.0. The van der Waals surface area contributed by atoms with Crippen LogP contribution in [0.2, 0.25) is 0 Å². The largest absolute Gasteiger partial charge is 0.454 e. The Hall–Kier alpha value is -6.92. The summed E-state index contributed by atoms with van der Waals surface area (Å²) in [4.78, 5) is 2.55. The van der Waals surface area contributed by atoms with Crippen LogP contribution in [-0.4, -0.2) is 11.4 Å². The molecule has 0 spiro atoms. The highest BCUT2D eigenvalue weighted by Gasteiger charge is 2.46. The smallest absolute Gasteiger partial charge is 0.333 e. The molecule has 3 aliphatic heterocycles. The zero-order chi connectivity index (χ0) is 40.4. The molecule has 0 aliphatic carbocycles. The van der Waals surface area contributed by atoms with E-state index in [9.17, 15) is 0 Å². The van der Waals surface area contributed by atoms with Gasteiger partial charge in [-0.25, -0.2) is 0 Å². The molecule has 0 radical (unpaired) electrons. The minimum absolute atomic E-state index is 0.0108. The fourth-order valence-corrected chi connectivity index (χ4v) is 10.3. The standard InChI is InChI=1S/C54H41BN2O3/c1-53(2,3)31-22-23-41-36(25-31)39-26-32(54(4,5)6)27-40-50(39)56(41)51-33-15-8-7-14-30(33)24-38-37-28-47-48(59-46-21-12-11-20-45(46)58-47)29-43(37)57(55(40)49(38)51)42-18-13-17-35-34-16-9-10-19-44(34)60-52(35)42/h7-29H,1-6H3. The minimum atomic E-state index is -0.218. The zero-order valence-corrected chi connectivity index (χ0v) is 34.5. The molecule has 0 bridgehead atoms. The Labute approximate surface area is 348 Å². The van der Waals surface area contributed by atoms with Gasteiger partial charge in [0.1, 0.15) is 5.58 Å². The third-order valence-electron chi connectivity index (χ3n) is 13.3. The Morgan fingerprint density at radius 2 is 1.18 bits per heavy atom. The van der Waals surface area contributed by atoms with Gasteiger partial charge in [0.25, 0.3) is 0 Å². The van der Waals surface area contributed by atoms with E-state index in [1.165, 1.54) is 65.9 Å². The van der Waals surface area contributed by atoms with Gasteiger partial charge < -0.3 is 23.3 Å². The Kier molecular flexibility index (Phi) is 6.47. The highest BCUT2D eigenvalue weighted by Crippen LogP contribution is 2.54. The lowest BCUT2D eigenvalue weighted by molar-refractivity contribution is 0.360. The molecule has 5 nitrogen and oxygen atoms in total. The lowest BCUT2D eigenvalue weighted by atomic mass is 9.43. The molecule has 5 heterocycles. The summed E-state index contributed by atoms with van der Waals surface area (Å²) in [7, 11) is 0. The first-order chi connectivity index (χ1) is 29.0. The molecule has 13 rings (SSSR count). The highest BCUT2D eigenvalue weighted by molar-refractivity contribution is 6.94. The summed E-state index contributed by atoms with van der Waals surface area (Å²) in [6, 6.07) is 50.7. The maximum Gasteiger partial charge on any atom is 0.333 e. The van der Waals surface area contributed by atoms with Crippen LogP contribution in [0.5, 0.6) is 23.0 Å². The molecule has 288 valence electrons. The number of para-hydroxylation sites is 4. The van der Waals surface area contributed by atoms with Crippen LogP contribution in [0.1, 0.15) is 52.7 Å². The van der Waals surface area contributed by atoms with Crippen molar-refractivity contribution in [2.24, 2.45) is 0 Å². The van der Waals surface area contributed by atoms with Crippen molar-refractivity contribution >= 4 is 83.7 Å². The molecule has 6 heteroatoms. The monoisotopic (exact) mass is 776 g/mol. The number of fused-ring (bicyclic) bond motifs is 14.